The molecular formula is C15H14N2O3S. The first-order chi connectivity index (χ1) is 10.0. The topological polar surface area (TPSA) is 66.6 Å². The fourth-order valence-corrected chi connectivity index (χ4v) is 2.49. The minimum absolute atomic E-state index is 0.227. The van der Waals surface area contributed by atoms with Gasteiger partial charge in [0.2, 0.25) is 6.79 Å². The molecule has 1 aromatic carbocycles. The Hall–Kier alpha value is -2.34. The molecule has 0 amide bonds. The second-order valence-corrected chi connectivity index (χ2v) is 5.14. The van der Waals surface area contributed by atoms with Crippen LogP contribution in [0.3, 0.4) is 0 Å². The maximum absolute atomic E-state index is 5.91. The van der Waals surface area contributed by atoms with Crippen LogP contribution in [0.5, 0.6) is 23.0 Å². The van der Waals surface area contributed by atoms with Crippen molar-refractivity contribution in [1.82, 2.24) is 4.98 Å². The van der Waals surface area contributed by atoms with Crippen molar-refractivity contribution in [1.29, 1.82) is 0 Å². The first-order valence-corrected chi connectivity index (χ1v) is 6.81. The first-order valence-electron chi connectivity index (χ1n) is 6.40. The summed E-state index contributed by atoms with van der Waals surface area (Å²) in [6.07, 6.45) is 0. The van der Waals surface area contributed by atoms with E-state index in [9.17, 15) is 0 Å². The van der Waals surface area contributed by atoms with Gasteiger partial charge in [-0.1, -0.05) is 12.2 Å². The van der Waals surface area contributed by atoms with E-state index in [1.54, 1.807) is 12.1 Å². The monoisotopic (exact) mass is 302 g/mol. The van der Waals surface area contributed by atoms with Crippen LogP contribution in [0.4, 0.5) is 0 Å². The standard InChI is InChI=1S/C15H14N2O3S/c1-8-5-13(14(15(16)21)9(2)17-8)20-10-3-4-11-12(6-10)19-7-18-11/h3-6H,7H2,1-2H3,(H2,16,21). The summed E-state index contributed by atoms with van der Waals surface area (Å²) >= 11 is 5.09. The molecular weight excluding hydrogens is 288 g/mol. The highest BCUT2D eigenvalue weighted by Crippen LogP contribution is 2.37. The van der Waals surface area contributed by atoms with E-state index in [4.69, 9.17) is 32.2 Å². The number of aryl methyl sites for hydroxylation is 2. The Morgan fingerprint density at radius 3 is 2.76 bits per heavy atom. The van der Waals surface area contributed by atoms with Crippen LogP contribution in [0, 0.1) is 13.8 Å². The molecule has 0 unspecified atom stereocenters. The van der Waals surface area contributed by atoms with Gasteiger partial charge in [-0.3, -0.25) is 4.98 Å². The number of fused-ring (bicyclic) bond motifs is 1. The Morgan fingerprint density at radius 1 is 1.24 bits per heavy atom. The van der Waals surface area contributed by atoms with Crippen molar-refractivity contribution < 1.29 is 14.2 Å². The van der Waals surface area contributed by atoms with Crippen molar-refractivity contribution in [2.24, 2.45) is 5.73 Å². The van der Waals surface area contributed by atoms with Gasteiger partial charge in [0, 0.05) is 17.8 Å². The number of benzene rings is 1. The lowest BCUT2D eigenvalue weighted by atomic mass is 10.1. The third-order valence-electron chi connectivity index (χ3n) is 3.11. The molecule has 1 aliphatic rings. The van der Waals surface area contributed by atoms with Gasteiger partial charge in [-0.05, 0) is 26.0 Å². The van der Waals surface area contributed by atoms with E-state index in [1.807, 2.05) is 26.0 Å². The Labute approximate surface area is 127 Å². The Balaban J connectivity index is 1.99. The molecule has 108 valence electrons. The van der Waals surface area contributed by atoms with Gasteiger partial charge in [0.1, 0.15) is 16.5 Å². The van der Waals surface area contributed by atoms with Gasteiger partial charge in [0.25, 0.3) is 0 Å². The Morgan fingerprint density at radius 2 is 2.00 bits per heavy atom. The second kappa shape index (κ2) is 5.21. The van der Waals surface area contributed by atoms with Crippen molar-refractivity contribution in [2.75, 3.05) is 6.79 Å². The fourth-order valence-electron chi connectivity index (χ4n) is 2.24. The van der Waals surface area contributed by atoms with Crippen LogP contribution in [0.15, 0.2) is 24.3 Å². The number of nitrogens with zero attached hydrogens (tertiary/aromatic N) is 1. The number of hydrogen-bond donors (Lipinski definition) is 1. The summed E-state index contributed by atoms with van der Waals surface area (Å²) in [6.45, 7) is 3.97. The molecule has 0 saturated carbocycles. The molecule has 1 aliphatic heterocycles. The van der Waals surface area contributed by atoms with E-state index in [0.717, 1.165) is 11.4 Å². The molecule has 21 heavy (non-hydrogen) atoms. The lowest BCUT2D eigenvalue weighted by Crippen LogP contribution is -2.14. The van der Waals surface area contributed by atoms with Crippen LogP contribution in [0.2, 0.25) is 0 Å². The van der Waals surface area contributed by atoms with Gasteiger partial charge in [0.05, 0.1) is 11.3 Å². The number of aromatic nitrogens is 1. The molecule has 0 spiro atoms. The molecule has 3 rings (SSSR count). The molecule has 2 N–H and O–H groups in total. The van der Waals surface area contributed by atoms with Crippen molar-refractivity contribution in [2.45, 2.75) is 13.8 Å². The minimum Gasteiger partial charge on any atom is -0.456 e. The predicted octanol–water partition coefficient (Wildman–Crippen LogP) is 2.85. The van der Waals surface area contributed by atoms with Gasteiger partial charge < -0.3 is 19.9 Å². The van der Waals surface area contributed by atoms with Gasteiger partial charge in [-0.25, -0.2) is 0 Å². The fraction of sp³-hybridized carbons (Fsp3) is 0.200. The lowest BCUT2D eigenvalue weighted by Gasteiger charge is -2.13. The maximum atomic E-state index is 5.91. The van der Waals surface area contributed by atoms with Gasteiger partial charge >= 0.3 is 0 Å². The van der Waals surface area contributed by atoms with Crippen LogP contribution in [-0.2, 0) is 0 Å². The van der Waals surface area contributed by atoms with E-state index < -0.39 is 0 Å². The van der Waals surface area contributed by atoms with E-state index in [0.29, 0.717) is 28.6 Å². The average molecular weight is 302 g/mol. The molecule has 5 nitrogen and oxygen atoms in total. The van der Waals surface area contributed by atoms with Crippen molar-refractivity contribution >= 4 is 17.2 Å². The minimum atomic E-state index is 0.227. The van der Waals surface area contributed by atoms with Crippen molar-refractivity contribution in [3.63, 3.8) is 0 Å². The third kappa shape index (κ3) is 2.62. The number of hydrogen-bond acceptors (Lipinski definition) is 5. The molecule has 0 aliphatic carbocycles. The van der Waals surface area contributed by atoms with Gasteiger partial charge in [-0.2, -0.15) is 0 Å². The van der Waals surface area contributed by atoms with Crippen LogP contribution in [0.25, 0.3) is 0 Å². The second-order valence-electron chi connectivity index (χ2n) is 4.70. The zero-order valence-corrected chi connectivity index (χ0v) is 12.5. The Kier molecular flexibility index (Phi) is 3.39. The summed E-state index contributed by atoms with van der Waals surface area (Å²) in [7, 11) is 0. The zero-order valence-electron chi connectivity index (χ0n) is 11.7. The first kappa shape index (κ1) is 13.6. The molecule has 0 bridgehead atoms. The zero-order chi connectivity index (χ0) is 15.0. The SMILES string of the molecule is Cc1cc(Oc2ccc3c(c2)OCO3)c(C(N)=S)c(C)n1. The molecule has 0 fully saturated rings. The number of rotatable bonds is 3. The normalized spacial score (nSPS) is 12.3. The summed E-state index contributed by atoms with van der Waals surface area (Å²) in [5.74, 6) is 2.58. The van der Waals surface area contributed by atoms with Gasteiger partial charge in [0.15, 0.2) is 11.5 Å². The smallest absolute Gasteiger partial charge is 0.231 e. The van der Waals surface area contributed by atoms with Gasteiger partial charge in [-0.15, -0.1) is 0 Å². The van der Waals surface area contributed by atoms with Crippen molar-refractivity contribution in [3.05, 3.63) is 41.2 Å². The van der Waals surface area contributed by atoms with E-state index >= 15 is 0 Å². The Bertz CT molecular complexity index is 731. The maximum Gasteiger partial charge on any atom is 0.231 e. The third-order valence-corrected chi connectivity index (χ3v) is 3.31. The highest BCUT2D eigenvalue weighted by atomic mass is 32.1. The highest BCUT2D eigenvalue weighted by molar-refractivity contribution is 7.80. The predicted molar refractivity (Wildman–Crippen MR) is 82.2 cm³/mol. The van der Waals surface area contributed by atoms with Crippen molar-refractivity contribution in [3.8, 4) is 23.0 Å². The number of ether oxygens (including phenoxy) is 3. The summed E-state index contributed by atoms with van der Waals surface area (Å²) in [6, 6.07) is 7.20. The molecule has 6 heteroatoms. The summed E-state index contributed by atoms with van der Waals surface area (Å²) in [5, 5.41) is 0. The average Bonchev–Trinajstić information content (AvgIpc) is 2.84. The molecule has 0 atom stereocenters. The van der Waals surface area contributed by atoms with Crippen LogP contribution < -0.4 is 19.9 Å². The van der Waals surface area contributed by atoms with Crippen LogP contribution in [-0.4, -0.2) is 16.8 Å². The highest BCUT2D eigenvalue weighted by Gasteiger charge is 2.17. The summed E-state index contributed by atoms with van der Waals surface area (Å²) < 4.78 is 16.5. The van der Waals surface area contributed by atoms with E-state index in [2.05, 4.69) is 4.98 Å². The summed E-state index contributed by atoms with van der Waals surface area (Å²) in [4.78, 5) is 4.62. The lowest BCUT2D eigenvalue weighted by molar-refractivity contribution is 0.174. The summed E-state index contributed by atoms with van der Waals surface area (Å²) in [5.41, 5.74) is 8.01. The van der Waals surface area contributed by atoms with Crippen LogP contribution >= 0.6 is 12.2 Å². The quantitative estimate of drug-likeness (QED) is 0.879. The number of thiocarbonyl (C=S) groups is 1. The van der Waals surface area contributed by atoms with E-state index in [-0.39, 0.29) is 11.8 Å². The van der Waals surface area contributed by atoms with Crippen LogP contribution in [0.1, 0.15) is 17.0 Å². The number of nitrogens with two attached hydrogens (primary N) is 1. The number of pyridine rings is 1. The molecule has 0 saturated heterocycles. The molecule has 1 aromatic heterocycles. The molecule has 2 heterocycles. The molecule has 2 aromatic rings. The largest absolute Gasteiger partial charge is 0.456 e. The molecule has 0 radical (unpaired) electrons. The van der Waals surface area contributed by atoms with E-state index in [1.165, 1.54) is 0 Å².